The maximum atomic E-state index is 12.6. The van der Waals surface area contributed by atoms with E-state index in [0.717, 1.165) is 10.4 Å². The molecular weight excluding hydrogens is 460 g/mol. The molecule has 0 aliphatic carbocycles. The Morgan fingerprint density at radius 3 is 2.76 bits per heavy atom. The van der Waals surface area contributed by atoms with Crippen LogP contribution in [0.25, 0.3) is 6.08 Å². The highest BCUT2D eigenvalue weighted by Crippen LogP contribution is 2.37. The number of esters is 1. The monoisotopic (exact) mass is 480 g/mol. The van der Waals surface area contributed by atoms with Crippen LogP contribution >= 0.6 is 11.3 Å². The molecule has 0 saturated carbocycles. The number of non-ortho nitro benzene ring substituents is 1. The van der Waals surface area contributed by atoms with Crippen LogP contribution < -0.4 is 14.8 Å². The second kappa shape index (κ2) is 9.75. The Balaban J connectivity index is 1.56. The zero-order valence-electron chi connectivity index (χ0n) is 18.3. The highest BCUT2D eigenvalue weighted by molar-refractivity contribution is 7.17. The summed E-state index contributed by atoms with van der Waals surface area (Å²) in [5.41, 5.74) is 2.40. The van der Waals surface area contributed by atoms with E-state index < -0.39 is 16.8 Å². The first kappa shape index (κ1) is 23.0. The van der Waals surface area contributed by atoms with Crippen molar-refractivity contribution in [1.29, 1.82) is 0 Å². The lowest BCUT2D eigenvalue weighted by Gasteiger charge is -2.04. The van der Waals surface area contributed by atoms with Gasteiger partial charge in [0.25, 0.3) is 5.69 Å². The van der Waals surface area contributed by atoms with Crippen LogP contribution in [0.3, 0.4) is 0 Å². The van der Waals surface area contributed by atoms with Crippen molar-refractivity contribution in [2.45, 2.75) is 13.3 Å². The molecule has 3 aromatic rings. The van der Waals surface area contributed by atoms with E-state index in [2.05, 4.69) is 5.32 Å². The summed E-state index contributed by atoms with van der Waals surface area (Å²) in [7, 11) is 1.28. The van der Waals surface area contributed by atoms with Crippen molar-refractivity contribution in [3.05, 3.63) is 85.8 Å². The first-order valence-electron chi connectivity index (χ1n) is 10.2. The Bertz CT molecular complexity index is 1310. The lowest BCUT2D eigenvalue weighted by molar-refractivity contribution is -0.384. The van der Waals surface area contributed by atoms with Gasteiger partial charge in [0.2, 0.25) is 12.7 Å². The molecule has 4 rings (SSSR count). The van der Waals surface area contributed by atoms with Crippen molar-refractivity contribution >= 4 is 40.0 Å². The van der Waals surface area contributed by atoms with Gasteiger partial charge >= 0.3 is 5.97 Å². The van der Waals surface area contributed by atoms with Crippen molar-refractivity contribution in [3.63, 3.8) is 0 Å². The van der Waals surface area contributed by atoms with E-state index in [1.165, 1.54) is 48.8 Å². The zero-order chi connectivity index (χ0) is 24.2. The molecule has 1 aromatic heterocycles. The Morgan fingerprint density at radius 2 is 2.00 bits per heavy atom. The molecule has 1 aliphatic heterocycles. The molecule has 1 N–H and O–H groups in total. The van der Waals surface area contributed by atoms with Crippen LogP contribution in [0.1, 0.15) is 31.9 Å². The number of ether oxygens (including phenoxy) is 3. The quantitative estimate of drug-likeness (QED) is 0.225. The van der Waals surface area contributed by atoms with Gasteiger partial charge in [-0.1, -0.05) is 18.2 Å². The molecule has 1 amide bonds. The summed E-state index contributed by atoms with van der Waals surface area (Å²) < 4.78 is 15.7. The van der Waals surface area contributed by atoms with E-state index in [9.17, 15) is 19.7 Å². The number of benzene rings is 2. The van der Waals surface area contributed by atoms with Crippen LogP contribution in [0.4, 0.5) is 10.7 Å². The van der Waals surface area contributed by atoms with Crippen molar-refractivity contribution in [2.75, 3.05) is 19.2 Å². The largest absolute Gasteiger partial charge is 0.465 e. The summed E-state index contributed by atoms with van der Waals surface area (Å²) in [5.74, 6) is 0.321. The number of fused-ring (bicyclic) bond motifs is 1. The molecule has 0 spiro atoms. The van der Waals surface area contributed by atoms with Gasteiger partial charge in [-0.05, 0) is 41.8 Å². The van der Waals surface area contributed by atoms with Gasteiger partial charge in [-0.25, -0.2) is 4.79 Å². The molecule has 0 saturated heterocycles. The Labute approximate surface area is 198 Å². The minimum absolute atomic E-state index is 0.0717. The van der Waals surface area contributed by atoms with E-state index in [1.54, 1.807) is 13.0 Å². The lowest BCUT2D eigenvalue weighted by Crippen LogP contribution is -2.11. The number of anilines is 1. The predicted molar refractivity (Wildman–Crippen MR) is 127 cm³/mol. The summed E-state index contributed by atoms with van der Waals surface area (Å²) in [6.07, 6.45) is 3.25. The minimum Gasteiger partial charge on any atom is -0.465 e. The van der Waals surface area contributed by atoms with Gasteiger partial charge in [-0.15, -0.1) is 11.3 Å². The van der Waals surface area contributed by atoms with Crippen LogP contribution in [-0.4, -0.2) is 30.7 Å². The average molecular weight is 480 g/mol. The lowest BCUT2D eigenvalue weighted by atomic mass is 10.1. The number of methoxy groups -OCH3 is 1. The first-order valence-corrected chi connectivity index (χ1v) is 11.0. The third kappa shape index (κ3) is 4.91. The predicted octanol–water partition coefficient (Wildman–Crippen LogP) is 4.72. The fourth-order valence-corrected chi connectivity index (χ4v) is 4.70. The zero-order valence-corrected chi connectivity index (χ0v) is 19.1. The second-order valence-electron chi connectivity index (χ2n) is 7.39. The van der Waals surface area contributed by atoms with Gasteiger partial charge in [0.1, 0.15) is 5.00 Å². The molecule has 174 valence electrons. The summed E-state index contributed by atoms with van der Waals surface area (Å²) in [6, 6.07) is 11.6. The number of nitrogens with zero attached hydrogens (tertiary/aromatic N) is 1. The van der Waals surface area contributed by atoms with Crippen molar-refractivity contribution in [1.82, 2.24) is 0 Å². The molecular formula is C24H20N2O7S. The number of amides is 1. The van der Waals surface area contributed by atoms with Crippen molar-refractivity contribution in [3.8, 4) is 11.5 Å². The van der Waals surface area contributed by atoms with Crippen LogP contribution in [-0.2, 0) is 16.0 Å². The number of hydrogen-bond donors (Lipinski definition) is 1. The van der Waals surface area contributed by atoms with E-state index in [-0.39, 0.29) is 12.5 Å². The smallest absolute Gasteiger partial charge is 0.341 e. The van der Waals surface area contributed by atoms with Gasteiger partial charge in [0.05, 0.1) is 17.6 Å². The Hall–Kier alpha value is -4.18. The summed E-state index contributed by atoms with van der Waals surface area (Å²) >= 11 is 1.29. The van der Waals surface area contributed by atoms with Gasteiger partial charge in [-0.2, -0.15) is 0 Å². The maximum Gasteiger partial charge on any atom is 0.341 e. The number of nitro benzene ring substituents is 1. The molecule has 0 unspecified atom stereocenters. The van der Waals surface area contributed by atoms with Gasteiger partial charge in [0, 0.05) is 29.5 Å². The summed E-state index contributed by atoms with van der Waals surface area (Å²) in [4.78, 5) is 36.3. The molecule has 34 heavy (non-hydrogen) atoms. The third-order valence-corrected chi connectivity index (χ3v) is 6.39. The molecule has 10 heteroatoms. The normalized spacial score (nSPS) is 12.1. The second-order valence-corrected chi connectivity index (χ2v) is 8.49. The molecule has 0 bridgehead atoms. The average Bonchev–Trinajstić information content (AvgIpc) is 3.41. The van der Waals surface area contributed by atoms with Crippen molar-refractivity contribution in [2.24, 2.45) is 0 Å². The number of hydrogen-bond acceptors (Lipinski definition) is 8. The summed E-state index contributed by atoms with van der Waals surface area (Å²) in [5, 5.41) is 14.0. The van der Waals surface area contributed by atoms with Gasteiger partial charge < -0.3 is 19.5 Å². The standard InChI is InChI=1S/C24H20N2O7S/c1-14-20(12-16-6-8-18-19(11-16)33-13-32-18)34-23(22(14)24(28)31-2)25-21(27)9-7-15-4-3-5-17(10-15)26(29)30/h3-11H,12-13H2,1-2H3,(H,25,27)/b9-7+. The fraction of sp³-hybridized carbons (Fsp3) is 0.167. The number of thiophene rings is 1. The first-order chi connectivity index (χ1) is 16.4. The minimum atomic E-state index is -0.552. The summed E-state index contributed by atoms with van der Waals surface area (Å²) in [6.45, 7) is 1.99. The SMILES string of the molecule is COC(=O)c1c(NC(=O)/C=C/c2cccc([N+](=O)[O-])c2)sc(Cc2ccc3c(c2)OCO3)c1C. The topological polar surface area (TPSA) is 117 Å². The number of rotatable bonds is 7. The number of nitro groups is 1. The van der Waals surface area contributed by atoms with Gasteiger partial charge in [0.15, 0.2) is 11.5 Å². The van der Waals surface area contributed by atoms with E-state index in [1.807, 2.05) is 18.2 Å². The van der Waals surface area contributed by atoms with E-state index >= 15 is 0 Å². The van der Waals surface area contributed by atoms with E-state index in [4.69, 9.17) is 14.2 Å². The maximum absolute atomic E-state index is 12.6. The molecule has 2 aromatic carbocycles. The van der Waals surface area contributed by atoms with Crippen LogP contribution in [0.15, 0.2) is 48.5 Å². The molecule has 9 nitrogen and oxygen atoms in total. The highest BCUT2D eigenvalue weighted by atomic mass is 32.1. The number of carbonyl (C=O) groups is 2. The number of nitrogens with one attached hydrogen (secondary N) is 1. The third-order valence-electron chi connectivity index (χ3n) is 5.18. The van der Waals surface area contributed by atoms with Crippen LogP contribution in [0.2, 0.25) is 0 Å². The van der Waals surface area contributed by atoms with Crippen LogP contribution in [0.5, 0.6) is 11.5 Å². The van der Waals surface area contributed by atoms with Gasteiger partial charge in [-0.3, -0.25) is 14.9 Å². The van der Waals surface area contributed by atoms with Crippen molar-refractivity contribution < 1.29 is 28.7 Å². The van der Waals surface area contributed by atoms with Crippen LogP contribution in [0, 0.1) is 17.0 Å². The molecule has 1 aliphatic rings. The molecule has 0 atom stereocenters. The van der Waals surface area contributed by atoms with E-state index in [0.29, 0.717) is 39.6 Å². The highest BCUT2D eigenvalue weighted by Gasteiger charge is 2.23. The molecule has 0 fully saturated rings. The Kier molecular flexibility index (Phi) is 6.60. The number of carbonyl (C=O) groups excluding carboxylic acids is 2. The Morgan fingerprint density at radius 1 is 1.21 bits per heavy atom. The fourth-order valence-electron chi connectivity index (χ4n) is 3.47. The molecule has 2 heterocycles. The molecule has 0 radical (unpaired) electrons.